The summed E-state index contributed by atoms with van der Waals surface area (Å²) >= 11 is 0. The molecule has 2 N–H and O–H groups in total. The molecule has 0 fully saturated rings. The molecule has 0 saturated heterocycles. The largest absolute Gasteiger partial charge is 0.332 e. The Morgan fingerprint density at radius 2 is 1.42 bits per heavy atom. The summed E-state index contributed by atoms with van der Waals surface area (Å²) < 4.78 is 32.2. The molecule has 2 unspecified atom stereocenters. The number of hydrogen-bond donors (Lipinski definition) is 2. The predicted molar refractivity (Wildman–Crippen MR) is 72.1 cm³/mol. The average molecular weight is 308 g/mol. The van der Waals surface area contributed by atoms with Crippen LogP contribution < -0.4 is 0 Å². The summed E-state index contributed by atoms with van der Waals surface area (Å²) in [5, 5.41) is 0. The van der Waals surface area contributed by atoms with E-state index in [9.17, 15) is 18.9 Å². The van der Waals surface area contributed by atoms with Gasteiger partial charge in [0.15, 0.2) is 0 Å². The first-order valence-corrected chi connectivity index (χ1v) is 9.22. The van der Waals surface area contributed by atoms with Crippen LogP contribution in [0.15, 0.2) is 24.3 Å². The molecule has 0 saturated carbocycles. The first-order chi connectivity index (χ1) is 8.78. The van der Waals surface area contributed by atoms with E-state index in [-0.39, 0.29) is 18.9 Å². The third-order valence-corrected chi connectivity index (χ3v) is 5.17. The summed E-state index contributed by atoms with van der Waals surface area (Å²) in [6.07, 6.45) is -0.172. The van der Waals surface area contributed by atoms with E-state index in [2.05, 4.69) is 4.52 Å². The van der Waals surface area contributed by atoms with Crippen LogP contribution in [0.4, 0.5) is 0 Å². The highest BCUT2D eigenvalue weighted by molar-refractivity contribution is 7.52. The molecule has 1 aromatic rings. The Morgan fingerprint density at radius 1 is 1.00 bits per heavy atom. The van der Waals surface area contributed by atoms with Gasteiger partial charge in [-0.25, -0.2) is 0 Å². The smallest absolute Gasteiger partial charge is 0.324 e. The highest BCUT2D eigenvalue weighted by Crippen LogP contribution is 2.46. The van der Waals surface area contributed by atoms with Gasteiger partial charge in [-0.2, -0.15) is 0 Å². The van der Waals surface area contributed by atoms with Gasteiger partial charge in [-0.1, -0.05) is 24.3 Å². The van der Waals surface area contributed by atoms with Gasteiger partial charge in [-0.05, 0) is 18.1 Å². The molecule has 0 amide bonds. The van der Waals surface area contributed by atoms with Gasteiger partial charge in [-0.15, -0.1) is 0 Å². The maximum atomic E-state index is 11.6. The molecule has 0 aliphatic rings. The van der Waals surface area contributed by atoms with Gasteiger partial charge < -0.3 is 18.8 Å². The Hall–Kier alpha value is -0.480. The molecule has 1 aromatic carbocycles. The lowest BCUT2D eigenvalue weighted by Crippen LogP contribution is -1.94. The van der Waals surface area contributed by atoms with Crippen LogP contribution in [0.5, 0.6) is 0 Å². The number of hydrogen-bond acceptors (Lipinski definition) is 4. The van der Waals surface area contributed by atoms with Crippen molar-refractivity contribution in [1.29, 1.82) is 0 Å². The minimum Gasteiger partial charge on any atom is -0.324 e. The van der Waals surface area contributed by atoms with E-state index in [1.165, 1.54) is 7.11 Å². The molecule has 0 bridgehead atoms. The zero-order chi connectivity index (χ0) is 14.5. The summed E-state index contributed by atoms with van der Waals surface area (Å²) in [6, 6.07) is 6.52. The summed E-state index contributed by atoms with van der Waals surface area (Å²) in [5.74, 6) is 0. The van der Waals surface area contributed by atoms with Gasteiger partial charge >= 0.3 is 15.2 Å². The summed E-state index contributed by atoms with van der Waals surface area (Å²) in [7, 11) is -6.02. The van der Waals surface area contributed by atoms with Crippen molar-refractivity contribution < 1.29 is 28.0 Å². The third kappa shape index (κ3) is 6.00. The molecule has 0 aliphatic heterocycles. The summed E-state index contributed by atoms with van der Waals surface area (Å²) in [4.78, 5) is 18.8. The monoisotopic (exact) mass is 308 g/mol. The maximum absolute atomic E-state index is 11.6. The molecule has 19 heavy (non-hydrogen) atoms. The first kappa shape index (κ1) is 16.6. The highest BCUT2D eigenvalue weighted by atomic mass is 31.2. The molecule has 108 valence electrons. The lowest BCUT2D eigenvalue weighted by Gasteiger charge is -2.12. The molecular weight excluding hydrogens is 290 g/mol. The van der Waals surface area contributed by atoms with Crippen LogP contribution in [0.1, 0.15) is 18.1 Å². The van der Waals surface area contributed by atoms with Gasteiger partial charge in [0.05, 0.1) is 18.9 Å². The van der Waals surface area contributed by atoms with E-state index in [0.717, 1.165) is 0 Å². The van der Waals surface area contributed by atoms with Gasteiger partial charge in [0, 0.05) is 7.11 Å². The molecule has 0 heterocycles. The molecule has 0 aromatic heterocycles. The lowest BCUT2D eigenvalue weighted by molar-refractivity contribution is 0.272. The standard InChI is InChI=1S/C11H18O6P2/c1-3-17-19(14,15)9-11-6-4-10(5-7-11)8-18(12,13)16-2/h4-7H,3,8-9H2,1-2H3,(H,12,13)(H,14,15). The van der Waals surface area contributed by atoms with Crippen LogP contribution in [-0.2, 0) is 30.5 Å². The topological polar surface area (TPSA) is 93.1 Å². The Morgan fingerprint density at radius 3 is 1.79 bits per heavy atom. The molecule has 2 atom stereocenters. The highest BCUT2D eigenvalue weighted by Gasteiger charge is 2.20. The maximum Gasteiger partial charge on any atom is 0.332 e. The number of rotatable bonds is 7. The summed E-state index contributed by atoms with van der Waals surface area (Å²) in [6.45, 7) is 1.82. The second kappa shape index (κ2) is 6.80. The Bertz CT molecular complexity index is 498. The minimum absolute atomic E-state index is 0.0812. The second-order valence-electron chi connectivity index (χ2n) is 4.01. The predicted octanol–water partition coefficient (Wildman–Crippen LogP) is 2.74. The minimum atomic E-state index is -3.61. The van der Waals surface area contributed by atoms with E-state index in [4.69, 9.17) is 4.52 Å². The van der Waals surface area contributed by atoms with Crippen molar-refractivity contribution in [3.05, 3.63) is 35.4 Å². The van der Waals surface area contributed by atoms with Crippen LogP contribution >= 0.6 is 15.2 Å². The van der Waals surface area contributed by atoms with E-state index in [1.54, 1.807) is 31.2 Å². The third-order valence-electron chi connectivity index (χ3n) is 2.40. The van der Waals surface area contributed by atoms with Crippen LogP contribution in [0, 0.1) is 0 Å². The van der Waals surface area contributed by atoms with Crippen molar-refractivity contribution >= 4 is 15.2 Å². The normalized spacial score (nSPS) is 17.7. The van der Waals surface area contributed by atoms with Crippen LogP contribution in [0.2, 0.25) is 0 Å². The first-order valence-electron chi connectivity index (χ1n) is 5.70. The molecule has 0 radical (unpaired) electrons. The van der Waals surface area contributed by atoms with E-state index >= 15 is 0 Å². The van der Waals surface area contributed by atoms with Crippen LogP contribution in [0.25, 0.3) is 0 Å². The summed E-state index contributed by atoms with van der Waals surface area (Å²) in [5.41, 5.74) is 1.26. The quantitative estimate of drug-likeness (QED) is 0.752. The molecule has 8 heteroatoms. The van der Waals surface area contributed by atoms with Crippen molar-refractivity contribution in [2.75, 3.05) is 13.7 Å². The van der Waals surface area contributed by atoms with E-state index in [0.29, 0.717) is 11.1 Å². The zero-order valence-electron chi connectivity index (χ0n) is 10.9. The molecular formula is C11H18O6P2. The molecule has 0 aliphatic carbocycles. The average Bonchev–Trinajstić information content (AvgIpc) is 2.31. The van der Waals surface area contributed by atoms with Crippen LogP contribution in [0.3, 0.4) is 0 Å². The fourth-order valence-electron chi connectivity index (χ4n) is 1.52. The van der Waals surface area contributed by atoms with E-state index in [1.807, 2.05) is 0 Å². The van der Waals surface area contributed by atoms with Crippen molar-refractivity contribution in [1.82, 2.24) is 0 Å². The fourth-order valence-corrected chi connectivity index (χ4v) is 3.49. The van der Waals surface area contributed by atoms with Crippen molar-refractivity contribution in [3.8, 4) is 0 Å². The van der Waals surface area contributed by atoms with Gasteiger partial charge in [0.1, 0.15) is 0 Å². The number of benzene rings is 1. The van der Waals surface area contributed by atoms with Crippen LogP contribution in [-0.4, -0.2) is 23.5 Å². The van der Waals surface area contributed by atoms with Crippen molar-refractivity contribution in [2.24, 2.45) is 0 Å². The van der Waals surface area contributed by atoms with E-state index < -0.39 is 15.2 Å². The Labute approximate surface area is 112 Å². The van der Waals surface area contributed by atoms with Gasteiger partial charge in [0.25, 0.3) is 0 Å². The lowest BCUT2D eigenvalue weighted by atomic mass is 10.2. The van der Waals surface area contributed by atoms with Gasteiger partial charge in [-0.3, -0.25) is 9.13 Å². The zero-order valence-corrected chi connectivity index (χ0v) is 12.6. The Balaban J connectivity index is 2.72. The van der Waals surface area contributed by atoms with Gasteiger partial charge in [0.2, 0.25) is 0 Å². The van der Waals surface area contributed by atoms with Crippen molar-refractivity contribution in [3.63, 3.8) is 0 Å². The molecule has 1 rings (SSSR count). The fraction of sp³-hybridized carbons (Fsp3) is 0.455. The SMILES string of the molecule is CCOP(=O)(O)Cc1ccc(CP(=O)(O)OC)cc1. The second-order valence-corrected chi connectivity index (χ2v) is 7.81. The molecule has 6 nitrogen and oxygen atoms in total. The molecule has 0 spiro atoms. The van der Waals surface area contributed by atoms with Crippen molar-refractivity contribution in [2.45, 2.75) is 19.2 Å². The Kier molecular flexibility index (Phi) is 5.93.